The van der Waals surface area contributed by atoms with Gasteiger partial charge in [0, 0.05) is 0 Å². The van der Waals surface area contributed by atoms with Gasteiger partial charge in [-0.05, 0) is 76.0 Å². The van der Waals surface area contributed by atoms with Crippen LogP contribution in [0.5, 0.6) is 0 Å². The van der Waals surface area contributed by atoms with Crippen LogP contribution >= 0.6 is 0 Å². The maximum atomic E-state index is 12.1. The summed E-state index contributed by atoms with van der Waals surface area (Å²) in [6.07, 6.45) is 21.4. The number of carbonyl (C=O) groups excluding carboxylic acids is 1. The molecule has 0 aromatic rings. The minimum absolute atomic E-state index is 0.0248. The summed E-state index contributed by atoms with van der Waals surface area (Å²) < 4.78 is 11.1. The number of hydrogen-bond acceptors (Lipinski definition) is 3. The van der Waals surface area contributed by atoms with Crippen molar-refractivity contribution in [3.63, 3.8) is 0 Å². The monoisotopic (exact) mass is 408 g/mol. The molecule has 1 atom stereocenters. The van der Waals surface area contributed by atoms with Crippen molar-refractivity contribution < 1.29 is 14.3 Å². The van der Waals surface area contributed by atoms with E-state index in [9.17, 15) is 4.79 Å². The average Bonchev–Trinajstić information content (AvgIpc) is 2.72. The van der Waals surface area contributed by atoms with Crippen LogP contribution in [0.4, 0.5) is 4.79 Å². The van der Waals surface area contributed by atoms with Crippen LogP contribution in [0.25, 0.3) is 0 Å². The third kappa shape index (κ3) is 9.75. The first-order valence-corrected chi connectivity index (χ1v) is 13.0. The fourth-order valence-corrected chi connectivity index (χ4v) is 5.55. The number of carbonyl (C=O) groups is 1. The third-order valence-corrected chi connectivity index (χ3v) is 7.52. The second-order valence-corrected chi connectivity index (χ2v) is 9.96. The zero-order chi connectivity index (χ0) is 20.9. The largest absolute Gasteiger partial charge is 0.508 e. The molecule has 0 aromatic carbocycles. The Morgan fingerprint density at radius 1 is 0.793 bits per heavy atom. The van der Waals surface area contributed by atoms with Gasteiger partial charge in [-0.3, -0.25) is 0 Å². The van der Waals surface area contributed by atoms with Gasteiger partial charge in [0.1, 0.15) is 12.2 Å². The van der Waals surface area contributed by atoms with Gasteiger partial charge in [-0.2, -0.15) is 0 Å². The van der Waals surface area contributed by atoms with Crippen LogP contribution in [0.3, 0.4) is 0 Å². The Morgan fingerprint density at radius 2 is 1.38 bits per heavy atom. The van der Waals surface area contributed by atoms with E-state index in [4.69, 9.17) is 9.47 Å². The van der Waals surface area contributed by atoms with Gasteiger partial charge in [0.15, 0.2) is 0 Å². The van der Waals surface area contributed by atoms with Gasteiger partial charge in [0.2, 0.25) is 0 Å². The van der Waals surface area contributed by atoms with E-state index in [0.29, 0.717) is 0 Å². The second-order valence-electron chi connectivity index (χ2n) is 9.96. The van der Waals surface area contributed by atoms with E-state index in [1.54, 1.807) is 0 Å². The van der Waals surface area contributed by atoms with Gasteiger partial charge >= 0.3 is 6.16 Å². The lowest BCUT2D eigenvalue weighted by molar-refractivity contribution is -0.0174. The molecule has 2 rings (SSSR count). The van der Waals surface area contributed by atoms with Crippen LogP contribution in [0.15, 0.2) is 0 Å². The molecule has 2 fully saturated rings. The highest BCUT2D eigenvalue weighted by molar-refractivity contribution is 5.60. The molecule has 0 unspecified atom stereocenters. The molecule has 0 spiro atoms. The Morgan fingerprint density at radius 3 is 2.00 bits per heavy atom. The minimum Gasteiger partial charge on any atom is -0.431 e. The van der Waals surface area contributed by atoms with Gasteiger partial charge < -0.3 is 9.47 Å². The summed E-state index contributed by atoms with van der Waals surface area (Å²) in [6, 6.07) is 0. The SMILES string of the molecule is CCCCCC[C@@H](C)OC(=O)OC1CCC(C2CCC(CCCCC)CC2)CC1. The van der Waals surface area contributed by atoms with Gasteiger partial charge in [-0.15, -0.1) is 0 Å². The van der Waals surface area contributed by atoms with Gasteiger partial charge in [0.25, 0.3) is 0 Å². The van der Waals surface area contributed by atoms with Crippen LogP contribution in [0.1, 0.15) is 130 Å². The Balaban J connectivity index is 1.56. The fraction of sp³-hybridized carbons (Fsp3) is 0.962. The molecule has 3 heteroatoms. The zero-order valence-corrected chi connectivity index (χ0v) is 19.6. The van der Waals surface area contributed by atoms with Crippen molar-refractivity contribution in [3.8, 4) is 0 Å². The smallest absolute Gasteiger partial charge is 0.431 e. The molecule has 2 aliphatic carbocycles. The molecule has 2 saturated carbocycles. The Labute approximate surface area is 180 Å². The average molecular weight is 409 g/mol. The van der Waals surface area contributed by atoms with Gasteiger partial charge in [-0.1, -0.05) is 71.6 Å². The highest BCUT2D eigenvalue weighted by Gasteiger charge is 2.32. The maximum Gasteiger partial charge on any atom is 0.508 e. The van der Waals surface area contributed by atoms with E-state index < -0.39 is 6.16 Å². The Bertz CT molecular complexity index is 420. The van der Waals surface area contributed by atoms with E-state index in [0.717, 1.165) is 43.4 Å². The first-order valence-electron chi connectivity index (χ1n) is 13.0. The molecule has 0 bridgehead atoms. The number of rotatable bonds is 12. The molecular weight excluding hydrogens is 360 g/mol. The number of unbranched alkanes of at least 4 members (excludes halogenated alkanes) is 5. The predicted octanol–water partition coefficient (Wildman–Crippen LogP) is 8.44. The normalized spacial score (nSPS) is 28.7. The minimum atomic E-state index is -0.441. The van der Waals surface area contributed by atoms with Crippen LogP contribution in [0.2, 0.25) is 0 Å². The first kappa shape index (κ1) is 24.5. The molecule has 29 heavy (non-hydrogen) atoms. The molecule has 0 heterocycles. The standard InChI is InChI=1S/C26H48O3/c1-4-6-8-10-11-21(3)28-26(27)29-25-19-17-24(18-20-25)23-15-13-22(14-16-23)12-9-7-5-2/h21-25H,4-20H2,1-3H3/t21-,22?,23?,24?,25?/m1/s1. The molecule has 170 valence electrons. The lowest BCUT2D eigenvalue weighted by atomic mass is 9.70. The fourth-order valence-electron chi connectivity index (χ4n) is 5.55. The quantitative estimate of drug-likeness (QED) is 0.240. The van der Waals surface area contributed by atoms with Gasteiger partial charge in [0.05, 0.1) is 0 Å². The third-order valence-electron chi connectivity index (χ3n) is 7.52. The predicted molar refractivity (Wildman–Crippen MR) is 121 cm³/mol. The molecule has 2 aliphatic rings. The Kier molecular flexibility index (Phi) is 12.1. The van der Waals surface area contributed by atoms with Gasteiger partial charge in [-0.25, -0.2) is 4.79 Å². The molecule has 0 saturated heterocycles. The summed E-state index contributed by atoms with van der Waals surface area (Å²) in [6.45, 7) is 6.50. The molecular formula is C26H48O3. The van der Waals surface area contributed by atoms with Crippen LogP contribution in [-0.4, -0.2) is 18.4 Å². The molecule has 0 aliphatic heterocycles. The molecule has 0 N–H and O–H groups in total. The lowest BCUT2D eigenvalue weighted by Gasteiger charge is -2.37. The van der Waals surface area contributed by atoms with E-state index in [-0.39, 0.29) is 12.2 Å². The van der Waals surface area contributed by atoms with Crippen molar-refractivity contribution in [3.05, 3.63) is 0 Å². The van der Waals surface area contributed by atoms with Crippen molar-refractivity contribution >= 4 is 6.16 Å². The highest BCUT2D eigenvalue weighted by Crippen LogP contribution is 2.41. The molecule has 3 nitrogen and oxygen atoms in total. The summed E-state index contributed by atoms with van der Waals surface area (Å²) in [5.74, 6) is 2.78. The van der Waals surface area contributed by atoms with E-state index in [1.165, 1.54) is 83.5 Å². The van der Waals surface area contributed by atoms with E-state index >= 15 is 0 Å². The summed E-state index contributed by atoms with van der Waals surface area (Å²) in [4.78, 5) is 12.1. The van der Waals surface area contributed by atoms with Crippen LogP contribution in [0, 0.1) is 17.8 Å². The number of hydrogen-bond donors (Lipinski definition) is 0. The van der Waals surface area contributed by atoms with Crippen molar-refractivity contribution in [2.45, 2.75) is 142 Å². The van der Waals surface area contributed by atoms with Crippen molar-refractivity contribution in [1.29, 1.82) is 0 Å². The lowest BCUT2D eigenvalue weighted by Crippen LogP contribution is -2.30. The van der Waals surface area contributed by atoms with Crippen LogP contribution < -0.4 is 0 Å². The van der Waals surface area contributed by atoms with E-state index in [1.807, 2.05) is 6.92 Å². The van der Waals surface area contributed by atoms with Crippen LogP contribution in [-0.2, 0) is 9.47 Å². The molecule has 0 radical (unpaired) electrons. The van der Waals surface area contributed by atoms with Crippen molar-refractivity contribution in [2.75, 3.05) is 0 Å². The Hall–Kier alpha value is -0.730. The second kappa shape index (κ2) is 14.3. The summed E-state index contributed by atoms with van der Waals surface area (Å²) in [5.41, 5.74) is 0. The summed E-state index contributed by atoms with van der Waals surface area (Å²) >= 11 is 0. The van der Waals surface area contributed by atoms with Crippen molar-refractivity contribution in [1.82, 2.24) is 0 Å². The molecule has 0 aromatic heterocycles. The maximum absolute atomic E-state index is 12.1. The highest BCUT2D eigenvalue weighted by atomic mass is 16.7. The van der Waals surface area contributed by atoms with Crippen molar-refractivity contribution in [2.24, 2.45) is 17.8 Å². The van der Waals surface area contributed by atoms with E-state index in [2.05, 4.69) is 13.8 Å². The first-order chi connectivity index (χ1) is 14.1. The number of ether oxygens (including phenoxy) is 2. The molecule has 0 amide bonds. The topological polar surface area (TPSA) is 35.5 Å². The zero-order valence-electron chi connectivity index (χ0n) is 19.6. The summed E-state index contributed by atoms with van der Waals surface area (Å²) in [7, 11) is 0. The summed E-state index contributed by atoms with van der Waals surface area (Å²) in [5, 5.41) is 0.